The van der Waals surface area contributed by atoms with Crippen LogP contribution in [0.25, 0.3) is 22.5 Å². The Bertz CT molecular complexity index is 1270. The molecule has 3 aromatic carbocycles. The molecular weight excluding hydrogens is 415 g/mol. The number of nitrogens with zero attached hydrogens (tertiary/aromatic N) is 3. The van der Waals surface area contributed by atoms with Gasteiger partial charge in [-0.1, -0.05) is 61.0 Å². The molecule has 166 valence electrons. The number of nitrogens with one attached hydrogen (secondary N) is 1. The lowest BCUT2D eigenvalue weighted by molar-refractivity contribution is -0.115. The van der Waals surface area contributed by atoms with Crippen LogP contribution in [0.15, 0.2) is 72.8 Å². The molecule has 0 radical (unpaired) electrons. The first-order valence-corrected chi connectivity index (χ1v) is 11.3. The normalized spacial score (nSPS) is 13.2. The molecule has 1 N–H and O–H groups in total. The van der Waals surface area contributed by atoms with Crippen LogP contribution in [0.1, 0.15) is 30.7 Å². The summed E-state index contributed by atoms with van der Waals surface area (Å²) >= 11 is 0. The standard InChI is InChI=1S/C27H25FN4O/c28-23-15-14-22(27-31-30-25-9-5-2-6-16-32(25)27)18-24(23)29-26(33)17-19-10-12-21(13-11-19)20-7-3-1-4-8-20/h1,3-4,7-8,10-15,18H,2,5-6,9,16-17H2,(H,29,33). The SMILES string of the molecule is O=C(Cc1ccc(-c2ccccc2)cc1)Nc1cc(-c2nnc3n2CCCCC3)ccc1F. The van der Waals surface area contributed by atoms with Gasteiger partial charge >= 0.3 is 0 Å². The van der Waals surface area contributed by atoms with Gasteiger partial charge in [0.15, 0.2) is 5.82 Å². The van der Waals surface area contributed by atoms with Gasteiger partial charge in [-0.15, -0.1) is 10.2 Å². The molecule has 2 heterocycles. The van der Waals surface area contributed by atoms with Gasteiger partial charge in [0.25, 0.3) is 0 Å². The second kappa shape index (κ2) is 9.36. The molecular formula is C27H25FN4O. The Balaban J connectivity index is 1.30. The van der Waals surface area contributed by atoms with Gasteiger partial charge in [0.05, 0.1) is 12.1 Å². The molecule has 5 rings (SSSR count). The number of halogens is 1. The Kier molecular flexibility index (Phi) is 5.98. The van der Waals surface area contributed by atoms with E-state index in [9.17, 15) is 9.18 Å². The number of benzene rings is 3. The molecule has 0 unspecified atom stereocenters. The van der Waals surface area contributed by atoms with Crippen molar-refractivity contribution in [1.82, 2.24) is 14.8 Å². The predicted molar refractivity (Wildman–Crippen MR) is 127 cm³/mol. The largest absolute Gasteiger partial charge is 0.323 e. The number of carbonyl (C=O) groups excluding carboxylic acids is 1. The second-order valence-corrected chi connectivity index (χ2v) is 8.38. The van der Waals surface area contributed by atoms with Crippen LogP contribution in [0, 0.1) is 5.82 Å². The number of carbonyl (C=O) groups is 1. The molecule has 0 atom stereocenters. The topological polar surface area (TPSA) is 59.8 Å². The predicted octanol–water partition coefficient (Wildman–Crippen LogP) is 5.66. The molecule has 0 aliphatic carbocycles. The third-order valence-corrected chi connectivity index (χ3v) is 6.03. The van der Waals surface area contributed by atoms with Gasteiger partial charge in [-0.3, -0.25) is 4.79 Å². The summed E-state index contributed by atoms with van der Waals surface area (Å²) in [4.78, 5) is 12.7. The minimum Gasteiger partial charge on any atom is -0.323 e. The van der Waals surface area contributed by atoms with E-state index in [4.69, 9.17) is 0 Å². The Morgan fingerprint density at radius 3 is 2.45 bits per heavy atom. The maximum absolute atomic E-state index is 14.5. The molecule has 0 bridgehead atoms. The highest BCUT2D eigenvalue weighted by atomic mass is 19.1. The highest BCUT2D eigenvalue weighted by Gasteiger charge is 2.18. The summed E-state index contributed by atoms with van der Waals surface area (Å²) in [6, 6.07) is 22.6. The summed E-state index contributed by atoms with van der Waals surface area (Å²) in [7, 11) is 0. The van der Waals surface area contributed by atoms with Crippen LogP contribution in [0.4, 0.5) is 10.1 Å². The lowest BCUT2D eigenvalue weighted by Gasteiger charge is -2.11. The molecule has 5 nitrogen and oxygen atoms in total. The lowest BCUT2D eigenvalue weighted by Crippen LogP contribution is -2.15. The van der Waals surface area contributed by atoms with Crippen molar-refractivity contribution < 1.29 is 9.18 Å². The fraction of sp³-hybridized carbons (Fsp3) is 0.222. The van der Waals surface area contributed by atoms with Crippen LogP contribution < -0.4 is 5.32 Å². The maximum Gasteiger partial charge on any atom is 0.228 e. The molecule has 6 heteroatoms. The van der Waals surface area contributed by atoms with E-state index in [-0.39, 0.29) is 18.0 Å². The molecule has 1 aliphatic rings. The van der Waals surface area contributed by atoms with Crippen molar-refractivity contribution in [3.8, 4) is 22.5 Å². The van der Waals surface area contributed by atoms with Crippen LogP contribution in [-0.2, 0) is 24.2 Å². The zero-order valence-electron chi connectivity index (χ0n) is 18.3. The van der Waals surface area contributed by atoms with Crippen LogP contribution in [-0.4, -0.2) is 20.7 Å². The van der Waals surface area contributed by atoms with Gasteiger partial charge in [-0.05, 0) is 47.7 Å². The third kappa shape index (κ3) is 4.70. The highest BCUT2D eigenvalue weighted by Crippen LogP contribution is 2.27. The Morgan fingerprint density at radius 1 is 0.879 bits per heavy atom. The Hall–Kier alpha value is -3.80. The number of hydrogen-bond donors (Lipinski definition) is 1. The van der Waals surface area contributed by atoms with Crippen molar-refractivity contribution in [2.45, 2.75) is 38.6 Å². The quantitative estimate of drug-likeness (QED) is 0.436. The van der Waals surface area contributed by atoms with E-state index in [0.29, 0.717) is 0 Å². The van der Waals surface area contributed by atoms with Crippen molar-refractivity contribution in [2.24, 2.45) is 0 Å². The lowest BCUT2D eigenvalue weighted by atomic mass is 10.0. The number of rotatable bonds is 5. The number of hydrogen-bond acceptors (Lipinski definition) is 3. The van der Waals surface area contributed by atoms with Gasteiger partial charge in [-0.25, -0.2) is 4.39 Å². The zero-order chi connectivity index (χ0) is 22.6. The molecule has 1 amide bonds. The third-order valence-electron chi connectivity index (χ3n) is 6.03. The first-order valence-electron chi connectivity index (χ1n) is 11.3. The maximum atomic E-state index is 14.5. The molecule has 0 fully saturated rings. The minimum atomic E-state index is -0.470. The first-order chi connectivity index (χ1) is 16.2. The van der Waals surface area contributed by atoms with Gasteiger partial charge in [0.2, 0.25) is 5.91 Å². The Morgan fingerprint density at radius 2 is 1.64 bits per heavy atom. The molecule has 1 aromatic heterocycles. The van der Waals surface area contributed by atoms with Crippen molar-refractivity contribution in [1.29, 1.82) is 0 Å². The fourth-order valence-electron chi connectivity index (χ4n) is 4.28. The summed E-state index contributed by atoms with van der Waals surface area (Å²) in [5.41, 5.74) is 3.99. The van der Waals surface area contributed by atoms with Crippen LogP contribution in [0.5, 0.6) is 0 Å². The van der Waals surface area contributed by atoms with Gasteiger partial charge in [0.1, 0.15) is 11.6 Å². The Labute approximate surface area is 192 Å². The number of aromatic nitrogens is 3. The molecule has 0 saturated carbocycles. The van der Waals surface area contributed by atoms with Crippen molar-refractivity contribution in [2.75, 3.05) is 5.32 Å². The van der Waals surface area contributed by atoms with Crippen molar-refractivity contribution in [3.63, 3.8) is 0 Å². The smallest absolute Gasteiger partial charge is 0.228 e. The summed E-state index contributed by atoms with van der Waals surface area (Å²) in [5.74, 6) is 0.955. The molecule has 0 spiro atoms. The summed E-state index contributed by atoms with van der Waals surface area (Å²) in [6.07, 6.45) is 4.42. The van der Waals surface area contributed by atoms with E-state index in [1.165, 1.54) is 12.5 Å². The summed E-state index contributed by atoms with van der Waals surface area (Å²) in [5, 5.41) is 11.4. The monoisotopic (exact) mass is 440 g/mol. The van der Waals surface area contributed by atoms with E-state index >= 15 is 0 Å². The van der Waals surface area contributed by atoms with E-state index < -0.39 is 5.82 Å². The van der Waals surface area contributed by atoms with Crippen LogP contribution >= 0.6 is 0 Å². The zero-order valence-corrected chi connectivity index (χ0v) is 18.3. The summed E-state index contributed by atoms with van der Waals surface area (Å²) in [6.45, 7) is 0.857. The number of amides is 1. The number of aryl methyl sites for hydroxylation is 1. The molecule has 0 saturated heterocycles. The highest BCUT2D eigenvalue weighted by molar-refractivity contribution is 5.93. The minimum absolute atomic E-state index is 0.157. The molecule has 4 aromatic rings. The van der Waals surface area contributed by atoms with Crippen LogP contribution in [0.2, 0.25) is 0 Å². The van der Waals surface area contributed by atoms with E-state index in [1.807, 2.05) is 54.6 Å². The van der Waals surface area contributed by atoms with E-state index in [0.717, 1.165) is 59.7 Å². The average Bonchev–Trinajstić information content (AvgIpc) is 3.09. The van der Waals surface area contributed by atoms with Gasteiger partial charge < -0.3 is 9.88 Å². The van der Waals surface area contributed by atoms with Crippen LogP contribution in [0.3, 0.4) is 0 Å². The van der Waals surface area contributed by atoms with E-state index in [1.54, 1.807) is 12.1 Å². The fourth-order valence-corrected chi connectivity index (χ4v) is 4.28. The second-order valence-electron chi connectivity index (χ2n) is 8.38. The van der Waals surface area contributed by atoms with Crippen molar-refractivity contribution in [3.05, 3.63) is 90.0 Å². The number of fused-ring (bicyclic) bond motifs is 1. The van der Waals surface area contributed by atoms with Crippen molar-refractivity contribution >= 4 is 11.6 Å². The van der Waals surface area contributed by atoms with Gasteiger partial charge in [-0.2, -0.15) is 0 Å². The first kappa shape index (κ1) is 21.1. The molecule has 33 heavy (non-hydrogen) atoms. The molecule has 1 aliphatic heterocycles. The average molecular weight is 441 g/mol. The van der Waals surface area contributed by atoms with Gasteiger partial charge in [0, 0.05) is 18.5 Å². The van der Waals surface area contributed by atoms with E-state index in [2.05, 4.69) is 20.1 Å². The number of anilines is 1. The summed E-state index contributed by atoms with van der Waals surface area (Å²) < 4.78 is 16.6.